The second kappa shape index (κ2) is 12.6. The summed E-state index contributed by atoms with van der Waals surface area (Å²) >= 11 is 0. The fourth-order valence-electron chi connectivity index (χ4n) is 1.71. The minimum atomic E-state index is -2.90. The summed E-state index contributed by atoms with van der Waals surface area (Å²) in [6.45, 7) is 2.40. The number of hydrogen-bond donors (Lipinski definition) is 2. The van der Waals surface area contributed by atoms with Gasteiger partial charge >= 0.3 is 0 Å². The summed E-state index contributed by atoms with van der Waals surface area (Å²) in [5.41, 5.74) is 0. The van der Waals surface area contributed by atoms with Gasteiger partial charge in [0.05, 0.1) is 12.0 Å². The van der Waals surface area contributed by atoms with E-state index in [1.165, 1.54) is 6.26 Å². The summed E-state index contributed by atoms with van der Waals surface area (Å²) in [6, 6.07) is 3.71. The van der Waals surface area contributed by atoms with Crippen molar-refractivity contribution in [3.8, 4) is 0 Å². The van der Waals surface area contributed by atoms with Gasteiger partial charge in [0.15, 0.2) is 5.96 Å². The molecule has 1 rings (SSSR count). The third-order valence-electron chi connectivity index (χ3n) is 2.79. The van der Waals surface area contributed by atoms with Crippen molar-refractivity contribution in [2.75, 3.05) is 38.8 Å². The molecular formula is C14H26IN3O4S. The molecule has 0 saturated carbocycles. The largest absolute Gasteiger partial charge is 0.467 e. The van der Waals surface area contributed by atoms with Crippen LogP contribution in [0.1, 0.15) is 18.6 Å². The molecule has 0 bridgehead atoms. The quantitative estimate of drug-likeness (QED) is 0.238. The number of guanidine groups is 1. The summed E-state index contributed by atoms with van der Waals surface area (Å²) in [7, 11) is -1.22. The van der Waals surface area contributed by atoms with Gasteiger partial charge in [-0.25, -0.2) is 8.42 Å². The van der Waals surface area contributed by atoms with Crippen LogP contribution < -0.4 is 10.6 Å². The van der Waals surface area contributed by atoms with Crippen LogP contribution in [0.3, 0.4) is 0 Å². The average molecular weight is 459 g/mol. The monoisotopic (exact) mass is 459 g/mol. The van der Waals surface area contributed by atoms with Crippen LogP contribution in [0.5, 0.6) is 0 Å². The van der Waals surface area contributed by atoms with Crippen LogP contribution in [-0.2, 0) is 21.2 Å². The lowest BCUT2D eigenvalue weighted by Gasteiger charge is -2.11. The van der Waals surface area contributed by atoms with Gasteiger partial charge in [-0.3, -0.25) is 4.99 Å². The van der Waals surface area contributed by atoms with Crippen molar-refractivity contribution >= 4 is 39.8 Å². The summed E-state index contributed by atoms with van der Waals surface area (Å²) in [4.78, 5) is 4.07. The Hall–Kier alpha value is -0.810. The minimum absolute atomic E-state index is 0. The van der Waals surface area contributed by atoms with E-state index in [1.54, 1.807) is 13.3 Å². The molecule has 0 atom stereocenters. The number of furan rings is 1. The van der Waals surface area contributed by atoms with Crippen LogP contribution in [0.25, 0.3) is 0 Å². The molecule has 7 nitrogen and oxygen atoms in total. The molecule has 1 heterocycles. The summed E-state index contributed by atoms with van der Waals surface area (Å²) in [5.74, 6) is 1.66. The third-order valence-corrected chi connectivity index (χ3v) is 3.82. The van der Waals surface area contributed by atoms with E-state index in [2.05, 4.69) is 15.6 Å². The number of ether oxygens (including phenoxy) is 1. The molecule has 2 N–H and O–H groups in total. The van der Waals surface area contributed by atoms with Gasteiger partial charge in [-0.2, -0.15) is 0 Å². The number of nitrogens with one attached hydrogen (secondary N) is 2. The highest BCUT2D eigenvalue weighted by Gasteiger charge is 2.02. The first-order valence-corrected chi connectivity index (χ1v) is 9.29. The van der Waals surface area contributed by atoms with Crippen molar-refractivity contribution in [3.63, 3.8) is 0 Å². The van der Waals surface area contributed by atoms with Gasteiger partial charge in [0, 0.05) is 33.0 Å². The predicted molar refractivity (Wildman–Crippen MR) is 102 cm³/mol. The van der Waals surface area contributed by atoms with E-state index in [4.69, 9.17) is 9.15 Å². The Morgan fingerprint density at radius 1 is 1.30 bits per heavy atom. The second-order valence-electron chi connectivity index (χ2n) is 4.89. The third kappa shape index (κ3) is 12.3. The van der Waals surface area contributed by atoms with E-state index < -0.39 is 9.84 Å². The number of halogens is 1. The first-order chi connectivity index (χ1) is 10.5. The Morgan fingerprint density at radius 2 is 2.00 bits per heavy atom. The summed E-state index contributed by atoms with van der Waals surface area (Å²) < 4.78 is 32.6. The molecule has 0 aliphatic heterocycles. The number of nitrogens with zero attached hydrogens (tertiary/aromatic N) is 1. The van der Waals surface area contributed by atoms with E-state index in [1.807, 2.05) is 12.1 Å². The Labute approximate surface area is 155 Å². The maximum Gasteiger partial charge on any atom is 0.190 e. The molecule has 0 aromatic carbocycles. The maximum atomic E-state index is 11.0. The molecule has 0 amide bonds. The lowest BCUT2D eigenvalue weighted by atomic mass is 10.4. The zero-order valence-electron chi connectivity index (χ0n) is 13.6. The number of rotatable bonds is 10. The van der Waals surface area contributed by atoms with Gasteiger partial charge in [0.25, 0.3) is 0 Å². The van der Waals surface area contributed by atoms with Gasteiger partial charge < -0.3 is 19.8 Å². The van der Waals surface area contributed by atoms with Gasteiger partial charge in [0.2, 0.25) is 0 Å². The van der Waals surface area contributed by atoms with Crippen LogP contribution in [0.15, 0.2) is 27.8 Å². The number of sulfone groups is 1. The lowest BCUT2D eigenvalue weighted by Crippen LogP contribution is -2.38. The Balaban J connectivity index is 0.00000484. The molecular weight excluding hydrogens is 433 g/mol. The number of hydrogen-bond acceptors (Lipinski definition) is 5. The van der Waals surface area contributed by atoms with Gasteiger partial charge in [-0.05, 0) is 25.0 Å². The smallest absolute Gasteiger partial charge is 0.190 e. The van der Waals surface area contributed by atoms with Crippen molar-refractivity contribution in [1.29, 1.82) is 0 Å². The summed E-state index contributed by atoms with van der Waals surface area (Å²) in [5, 5.41) is 6.22. The second-order valence-corrected chi connectivity index (χ2v) is 7.15. The highest BCUT2D eigenvalue weighted by molar-refractivity contribution is 14.0. The number of aliphatic imine (C=N–C) groups is 1. The fourth-order valence-corrected chi connectivity index (χ4v) is 2.38. The molecule has 1 aromatic heterocycles. The molecule has 0 radical (unpaired) electrons. The van der Waals surface area contributed by atoms with Crippen LogP contribution in [0.2, 0.25) is 0 Å². The minimum Gasteiger partial charge on any atom is -0.467 e. The standard InChI is InChI=1S/C14H25N3O4S.HI/c1-15-14(17-8-5-11-22(2,18)19)16-7-4-9-20-12-13-6-3-10-21-13;/h3,6,10H,4-5,7-9,11-12H2,1-2H3,(H2,15,16,17);1H. The molecule has 23 heavy (non-hydrogen) atoms. The van der Waals surface area contributed by atoms with E-state index in [0.29, 0.717) is 32.1 Å². The zero-order valence-corrected chi connectivity index (χ0v) is 16.7. The molecule has 0 saturated heterocycles. The lowest BCUT2D eigenvalue weighted by molar-refractivity contribution is 0.105. The molecule has 9 heteroatoms. The molecule has 0 unspecified atom stereocenters. The van der Waals surface area contributed by atoms with Gasteiger partial charge in [-0.15, -0.1) is 24.0 Å². The van der Waals surface area contributed by atoms with Crippen LogP contribution in [0.4, 0.5) is 0 Å². The van der Waals surface area contributed by atoms with E-state index in [9.17, 15) is 8.42 Å². The maximum absolute atomic E-state index is 11.0. The van der Waals surface area contributed by atoms with E-state index in [-0.39, 0.29) is 29.7 Å². The molecule has 0 aliphatic rings. The van der Waals surface area contributed by atoms with Crippen molar-refractivity contribution in [2.24, 2.45) is 4.99 Å². The van der Waals surface area contributed by atoms with Gasteiger partial charge in [0.1, 0.15) is 22.2 Å². The summed E-state index contributed by atoms with van der Waals surface area (Å²) in [6.07, 6.45) is 4.26. The Morgan fingerprint density at radius 3 is 2.57 bits per heavy atom. The SMILES string of the molecule is CN=C(NCCCOCc1ccco1)NCCCS(C)(=O)=O.I. The predicted octanol–water partition coefficient (Wildman–Crippen LogP) is 1.40. The molecule has 0 fully saturated rings. The van der Waals surface area contributed by atoms with Crippen molar-refractivity contribution in [1.82, 2.24) is 10.6 Å². The van der Waals surface area contributed by atoms with Crippen LogP contribution >= 0.6 is 24.0 Å². The van der Waals surface area contributed by atoms with Crippen LogP contribution in [0, 0.1) is 0 Å². The average Bonchev–Trinajstić information content (AvgIpc) is 2.97. The zero-order chi connectivity index (χ0) is 16.3. The van der Waals surface area contributed by atoms with E-state index in [0.717, 1.165) is 18.7 Å². The topological polar surface area (TPSA) is 92.9 Å². The normalized spacial score (nSPS) is 11.8. The Bertz CT molecular complexity index is 532. The molecule has 0 spiro atoms. The molecule has 1 aromatic rings. The molecule has 134 valence electrons. The van der Waals surface area contributed by atoms with E-state index >= 15 is 0 Å². The molecule has 0 aliphatic carbocycles. The van der Waals surface area contributed by atoms with Crippen molar-refractivity contribution < 1.29 is 17.6 Å². The first kappa shape index (κ1) is 22.2. The van der Waals surface area contributed by atoms with Crippen molar-refractivity contribution in [3.05, 3.63) is 24.2 Å². The first-order valence-electron chi connectivity index (χ1n) is 7.23. The van der Waals surface area contributed by atoms with Crippen LogP contribution in [-0.4, -0.2) is 53.1 Å². The fraction of sp³-hybridized carbons (Fsp3) is 0.643. The van der Waals surface area contributed by atoms with Gasteiger partial charge in [-0.1, -0.05) is 0 Å². The highest BCUT2D eigenvalue weighted by Crippen LogP contribution is 2.01. The van der Waals surface area contributed by atoms with Crippen molar-refractivity contribution in [2.45, 2.75) is 19.4 Å². The highest BCUT2D eigenvalue weighted by atomic mass is 127. The Kier molecular flexibility index (Phi) is 12.1.